The molecule has 0 spiro atoms. The summed E-state index contributed by atoms with van der Waals surface area (Å²) in [5, 5.41) is 13.4. The second-order valence-corrected chi connectivity index (χ2v) is 4.51. The highest BCUT2D eigenvalue weighted by atomic mass is 16.5. The van der Waals surface area contributed by atoms with Crippen LogP contribution < -0.4 is 0 Å². The van der Waals surface area contributed by atoms with Crippen molar-refractivity contribution in [2.45, 2.75) is 32.3 Å². The third-order valence-corrected chi connectivity index (χ3v) is 2.74. The van der Waals surface area contributed by atoms with Crippen molar-refractivity contribution in [3.05, 3.63) is 17.5 Å². The van der Waals surface area contributed by atoms with Gasteiger partial charge < -0.3 is 9.84 Å². The van der Waals surface area contributed by atoms with Crippen LogP contribution in [0.4, 0.5) is 0 Å². The average Bonchev–Trinajstić information content (AvgIpc) is 2.45. The van der Waals surface area contributed by atoms with Gasteiger partial charge in [0.05, 0.1) is 5.69 Å². The fourth-order valence-corrected chi connectivity index (χ4v) is 2.07. The first-order valence-electron chi connectivity index (χ1n) is 5.07. The van der Waals surface area contributed by atoms with Gasteiger partial charge in [-0.3, -0.25) is 4.68 Å². The maximum absolute atomic E-state index is 11.1. The van der Waals surface area contributed by atoms with E-state index in [9.17, 15) is 4.79 Å². The average molecular weight is 226 g/mol. The molecule has 5 nitrogen and oxygen atoms in total. The van der Waals surface area contributed by atoms with Gasteiger partial charge in [0.1, 0.15) is 0 Å². The van der Waals surface area contributed by atoms with Gasteiger partial charge in [-0.05, 0) is 12.5 Å². The van der Waals surface area contributed by atoms with Gasteiger partial charge in [0.2, 0.25) is 0 Å². The Morgan fingerprint density at radius 3 is 2.50 bits per heavy atom. The van der Waals surface area contributed by atoms with Crippen LogP contribution in [0.3, 0.4) is 0 Å². The lowest BCUT2D eigenvalue weighted by Crippen LogP contribution is -2.42. The fraction of sp³-hybridized carbons (Fsp3) is 0.636. The van der Waals surface area contributed by atoms with Crippen molar-refractivity contribution in [1.82, 2.24) is 9.78 Å². The molecule has 1 rings (SSSR count). The number of nitrogens with zero attached hydrogens (tertiary/aromatic N) is 2. The molecule has 1 N–H and O–H groups in total. The summed E-state index contributed by atoms with van der Waals surface area (Å²) in [4.78, 5) is 11.1. The number of carboxylic acids is 1. The Balaban J connectivity index is 3.18. The molecule has 0 saturated carbocycles. The van der Waals surface area contributed by atoms with Crippen molar-refractivity contribution < 1.29 is 14.6 Å². The van der Waals surface area contributed by atoms with Crippen molar-refractivity contribution in [2.75, 3.05) is 7.11 Å². The number of hydrogen-bond acceptors (Lipinski definition) is 3. The molecule has 5 heteroatoms. The molecule has 90 valence electrons. The molecule has 1 heterocycles. The summed E-state index contributed by atoms with van der Waals surface area (Å²) in [6, 6.07) is 0. The van der Waals surface area contributed by atoms with Gasteiger partial charge >= 0.3 is 5.97 Å². The number of carboxylic acid groups (broad SMARTS) is 1. The minimum atomic E-state index is -0.974. The van der Waals surface area contributed by atoms with E-state index in [1.165, 1.54) is 7.11 Å². The molecule has 0 amide bonds. The molecule has 1 aromatic heterocycles. The number of ether oxygens (including phenoxy) is 1. The van der Waals surface area contributed by atoms with Crippen LogP contribution in [0.25, 0.3) is 0 Å². The van der Waals surface area contributed by atoms with E-state index in [4.69, 9.17) is 9.84 Å². The topological polar surface area (TPSA) is 64.3 Å². The van der Waals surface area contributed by atoms with E-state index < -0.39 is 17.5 Å². The van der Waals surface area contributed by atoms with Gasteiger partial charge in [-0.25, -0.2) is 4.79 Å². The van der Waals surface area contributed by atoms with Crippen LogP contribution in [0.15, 0.2) is 6.20 Å². The van der Waals surface area contributed by atoms with Crippen molar-refractivity contribution >= 4 is 5.97 Å². The second kappa shape index (κ2) is 4.25. The molecule has 0 aromatic carbocycles. The molecule has 0 aliphatic carbocycles. The molecule has 0 fully saturated rings. The summed E-state index contributed by atoms with van der Waals surface area (Å²) in [5.41, 5.74) is 1.06. The van der Waals surface area contributed by atoms with E-state index in [2.05, 4.69) is 5.10 Å². The van der Waals surface area contributed by atoms with E-state index in [-0.39, 0.29) is 0 Å². The summed E-state index contributed by atoms with van der Waals surface area (Å²) in [7, 11) is 3.22. The first kappa shape index (κ1) is 12.7. The predicted octanol–water partition coefficient (Wildman–Crippen LogP) is 1.11. The number of rotatable bonds is 4. The molecule has 1 unspecified atom stereocenters. The van der Waals surface area contributed by atoms with E-state index in [0.29, 0.717) is 0 Å². The maximum atomic E-state index is 11.1. The highest BCUT2D eigenvalue weighted by molar-refractivity contribution is 5.74. The number of aliphatic carboxylic acids is 1. The zero-order valence-corrected chi connectivity index (χ0v) is 10.3. The fourth-order valence-electron chi connectivity index (χ4n) is 2.07. The molecule has 1 atom stereocenters. The van der Waals surface area contributed by atoms with Gasteiger partial charge in [-0.1, -0.05) is 13.8 Å². The highest BCUT2D eigenvalue weighted by Gasteiger charge is 2.39. The number of methoxy groups -OCH3 is 1. The van der Waals surface area contributed by atoms with Crippen LogP contribution in [-0.2, 0) is 22.0 Å². The zero-order chi connectivity index (χ0) is 12.5. The van der Waals surface area contributed by atoms with Gasteiger partial charge in [0, 0.05) is 25.8 Å². The van der Waals surface area contributed by atoms with Gasteiger partial charge in [0.15, 0.2) is 6.10 Å². The van der Waals surface area contributed by atoms with Crippen molar-refractivity contribution in [2.24, 2.45) is 7.05 Å². The number of aryl methyl sites for hydroxylation is 2. The minimum Gasteiger partial charge on any atom is -0.479 e. The monoisotopic (exact) mass is 226 g/mol. The Labute approximate surface area is 95.0 Å². The number of carbonyl (C=O) groups is 1. The molecule has 0 bridgehead atoms. The minimum absolute atomic E-state index is 0.661. The number of hydrogen-bond donors (Lipinski definition) is 1. The molecule has 0 aliphatic rings. The molecule has 1 aromatic rings. The van der Waals surface area contributed by atoms with Gasteiger partial charge in [0.25, 0.3) is 0 Å². The van der Waals surface area contributed by atoms with Crippen molar-refractivity contribution in [1.29, 1.82) is 0 Å². The third kappa shape index (κ3) is 2.09. The molecule has 0 saturated heterocycles. The van der Waals surface area contributed by atoms with E-state index in [0.717, 1.165) is 11.3 Å². The Morgan fingerprint density at radius 2 is 2.19 bits per heavy atom. The van der Waals surface area contributed by atoms with Crippen molar-refractivity contribution in [3.8, 4) is 0 Å². The quantitative estimate of drug-likeness (QED) is 0.835. The van der Waals surface area contributed by atoms with Crippen LogP contribution in [0.5, 0.6) is 0 Å². The lowest BCUT2D eigenvalue weighted by molar-refractivity contribution is -0.152. The lowest BCUT2D eigenvalue weighted by Gasteiger charge is -2.29. The van der Waals surface area contributed by atoms with Crippen LogP contribution >= 0.6 is 0 Å². The normalized spacial score (nSPS) is 13.8. The van der Waals surface area contributed by atoms with Crippen LogP contribution in [0.2, 0.25) is 0 Å². The summed E-state index contributed by atoms with van der Waals surface area (Å²) in [6.45, 7) is 5.56. The predicted molar refractivity (Wildman–Crippen MR) is 59.4 cm³/mol. The second-order valence-electron chi connectivity index (χ2n) is 4.51. The summed E-state index contributed by atoms with van der Waals surface area (Å²) in [5.74, 6) is -0.974. The standard InChI is InChI=1S/C11H18N2O3/c1-7-6-13(4)12-8(7)11(2,3)9(16-5)10(14)15/h6,9H,1-5H3,(H,14,15). The lowest BCUT2D eigenvalue weighted by atomic mass is 9.81. The Kier molecular flexibility index (Phi) is 3.38. The molecular formula is C11H18N2O3. The third-order valence-electron chi connectivity index (χ3n) is 2.74. The summed E-state index contributed by atoms with van der Waals surface area (Å²) in [6.07, 6.45) is 0.965. The Hall–Kier alpha value is -1.36. The Morgan fingerprint density at radius 1 is 1.62 bits per heavy atom. The Bertz CT molecular complexity index is 396. The molecule has 0 aliphatic heterocycles. The molecular weight excluding hydrogens is 208 g/mol. The van der Waals surface area contributed by atoms with Gasteiger partial charge in [-0.2, -0.15) is 5.10 Å². The number of aromatic nitrogens is 2. The smallest absolute Gasteiger partial charge is 0.333 e. The van der Waals surface area contributed by atoms with Crippen LogP contribution in [0.1, 0.15) is 25.1 Å². The van der Waals surface area contributed by atoms with Gasteiger partial charge in [-0.15, -0.1) is 0 Å². The molecule has 0 radical (unpaired) electrons. The van der Waals surface area contributed by atoms with Crippen LogP contribution in [-0.4, -0.2) is 34.1 Å². The SMILES string of the molecule is COC(C(=O)O)C(C)(C)c1nn(C)cc1C. The van der Waals surface area contributed by atoms with Crippen molar-refractivity contribution in [3.63, 3.8) is 0 Å². The first-order chi connectivity index (χ1) is 7.30. The largest absolute Gasteiger partial charge is 0.479 e. The van der Waals surface area contributed by atoms with E-state index in [1.807, 2.05) is 34.0 Å². The summed E-state index contributed by atoms with van der Waals surface area (Å²) < 4.78 is 6.73. The first-order valence-corrected chi connectivity index (χ1v) is 5.07. The summed E-state index contributed by atoms with van der Waals surface area (Å²) >= 11 is 0. The zero-order valence-electron chi connectivity index (χ0n) is 10.3. The van der Waals surface area contributed by atoms with E-state index in [1.54, 1.807) is 4.68 Å². The molecule has 16 heavy (non-hydrogen) atoms. The highest BCUT2D eigenvalue weighted by Crippen LogP contribution is 2.30. The van der Waals surface area contributed by atoms with Crippen LogP contribution in [0, 0.1) is 6.92 Å². The van der Waals surface area contributed by atoms with E-state index >= 15 is 0 Å². The maximum Gasteiger partial charge on any atom is 0.333 e.